The first-order valence-electron chi connectivity index (χ1n) is 11.9. The van der Waals surface area contributed by atoms with Crippen molar-refractivity contribution in [1.29, 1.82) is 0 Å². The number of anilines is 1. The molecule has 170 valence electrons. The summed E-state index contributed by atoms with van der Waals surface area (Å²) in [5, 5.41) is 0. The molecule has 0 spiro atoms. The van der Waals surface area contributed by atoms with Crippen LogP contribution in [0.3, 0.4) is 0 Å². The van der Waals surface area contributed by atoms with Gasteiger partial charge in [-0.25, -0.2) is 15.0 Å². The Balaban J connectivity index is 1.49. The van der Waals surface area contributed by atoms with Crippen LogP contribution in [0.5, 0.6) is 0 Å². The van der Waals surface area contributed by atoms with E-state index in [-0.39, 0.29) is 0 Å². The van der Waals surface area contributed by atoms with Gasteiger partial charge in [0, 0.05) is 55.6 Å². The predicted octanol–water partition coefficient (Wildman–Crippen LogP) is 4.81. The van der Waals surface area contributed by atoms with Crippen LogP contribution in [0.2, 0.25) is 0 Å². The van der Waals surface area contributed by atoms with Crippen molar-refractivity contribution >= 4 is 11.5 Å². The lowest BCUT2D eigenvalue weighted by Crippen LogP contribution is -2.24. The molecule has 5 heterocycles. The van der Waals surface area contributed by atoms with Gasteiger partial charge in [0.2, 0.25) is 0 Å². The average molecular weight is 441 g/mol. The topological polar surface area (TPSA) is 59.2 Å². The van der Waals surface area contributed by atoms with Crippen molar-refractivity contribution in [3.05, 3.63) is 83.0 Å². The highest BCUT2D eigenvalue weighted by molar-refractivity contribution is 5.45. The minimum absolute atomic E-state index is 0.311. The Kier molecular flexibility index (Phi) is 5.60. The van der Waals surface area contributed by atoms with Crippen LogP contribution in [0.4, 0.5) is 5.82 Å². The van der Waals surface area contributed by atoms with Gasteiger partial charge >= 0.3 is 0 Å². The third-order valence-corrected chi connectivity index (χ3v) is 6.44. The quantitative estimate of drug-likeness (QED) is 0.431. The van der Waals surface area contributed by atoms with Gasteiger partial charge in [-0.2, -0.15) is 0 Å². The fraction of sp³-hybridized carbons (Fsp3) is 0.407. The van der Waals surface area contributed by atoms with Crippen LogP contribution in [0.1, 0.15) is 61.2 Å². The molecule has 1 aliphatic rings. The second kappa shape index (κ2) is 8.58. The summed E-state index contributed by atoms with van der Waals surface area (Å²) >= 11 is 0. The maximum absolute atomic E-state index is 5.00. The summed E-state index contributed by atoms with van der Waals surface area (Å²) in [4.78, 5) is 21.7. The molecule has 0 aliphatic carbocycles. The molecule has 4 aromatic heterocycles. The normalized spacial score (nSPS) is 15.5. The van der Waals surface area contributed by atoms with Gasteiger partial charge in [-0.05, 0) is 60.6 Å². The molecular formula is C27H32N6. The smallest absolute Gasteiger partial charge is 0.136 e. The van der Waals surface area contributed by atoms with Gasteiger partial charge in [0.25, 0.3) is 0 Å². The van der Waals surface area contributed by atoms with E-state index < -0.39 is 0 Å². The number of aryl methyl sites for hydroxylation is 2. The molecule has 0 aromatic carbocycles. The Morgan fingerprint density at radius 1 is 0.939 bits per heavy atom. The van der Waals surface area contributed by atoms with Crippen molar-refractivity contribution in [3.63, 3.8) is 0 Å². The van der Waals surface area contributed by atoms with E-state index in [9.17, 15) is 0 Å². The standard InChI is InChI=1S/C27H32N6/c1-5-21-12-19(2)13-22(29-21)16-24-30-23(14-20-6-9-32-11-8-28-25(32)15-20)17-26(31-24)33-10-7-27(3,4)18-33/h6,8-9,11-13,15,17H,5,7,10,14,16,18H2,1-4H3. The fourth-order valence-electron chi connectivity index (χ4n) is 4.70. The molecule has 6 nitrogen and oxygen atoms in total. The molecule has 1 aliphatic heterocycles. The van der Waals surface area contributed by atoms with Crippen molar-refractivity contribution in [1.82, 2.24) is 24.3 Å². The Bertz CT molecular complexity index is 1290. The molecule has 1 saturated heterocycles. The molecule has 0 unspecified atom stereocenters. The minimum Gasteiger partial charge on any atom is -0.356 e. The van der Waals surface area contributed by atoms with Crippen molar-refractivity contribution in [3.8, 4) is 0 Å². The van der Waals surface area contributed by atoms with Crippen LogP contribution < -0.4 is 4.90 Å². The summed E-state index contributed by atoms with van der Waals surface area (Å²) in [5.41, 5.74) is 6.91. The molecule has 1 fully saturated rings. The summed E-state index contributed by atoms with van der Waals surface area (Å²) in [5.74, 6) is 1.88. The maximum atomic E-state index is 5.00. The Morgan fingerprint density at radius 3 is 2.55 bits per heavy atom. The number of nitrogens with zero attached hydrogens (tertiary/aromatic N) is 6. The van der Waals surface area contributed by atoms with Crippen LogP contribution in [-0.4, -0.2) is 37.4 Å². The minimum atomic E-state index is 0.311. The highest BCUT2D eigenvalue weighted by Crippen LogP contribution is 2.32. The van der Waals surface area contributed by atoms with Gasteiger partial charge in [-0.15, -0.1) is 0 Å². The lowest BCUT2D eigenvalue weighted by atomic mass is 9.93. The first-order chi connectivity index (χ1) is 15.9. The van der Waals surface area contributed by atoms with Gasteiger partial charge in [0.1, 0.15) is 17.3 Å². The first kappa shape index (κ1) is 21.6. The van der Waals surface area contributed by atoms with Gasteiger partial charge in [-0.1, -0.05) is 20.8 Å². The number of imidazole rings is 1. The molecule has 0 amide bonds. The molecule has 0 radical (unpaired) electrons. The van der Waals surface area contributed by atoms with E-state index in [1.807, 2.05) is 16.8 Å². The Labute approximate surface area is 195 Å². The van der Waals surface area contributed by atoms with Crippen molar-refractivity contribution in [2.75, 3.05) is 18.0 Å². The van der Waals surface area contributed by atoms with Crippen LogP contribution in [-0.2, 0) is 19.3 Å². The van der Waals surface area contributed by atoms with Crippen LogP contribution in [0.25, 0.3) is 5.65 Å². The summed E-state index contributed by atoms with van der Waals surface area (Å²) in [6.07, 6.45) is 9.36. The van der Waals surface area contributed by atoms with E-state index in [1.165, 1.54) is 17.5 Å². The third-order valence-electron chi connectivity index (χ3n) is 6.44. The third kappa shape index (κ3) is 4.90. The molecule has 0 bridgehead atoms. The van der Waals surface area contributed by atoms with Crippen LogP contribution in [0.15, 0.2) is 48.9 Å². The van der Waals surface area contributed by atoms with E-state index in [0.717, 1.165) is 60.3 Å². The van der Waals surface area contributed by atoms with E-state index in [4.69, 9.17) is 15.0 Å². The number of fused-ring (bicyclic) bond motifs is 1. The largest absolute Gasteiger partial charge is 0.356 e. The van der Waals surface area contributed by atoms with Gasteiger partial charge < -0.3 is 9.30 Å². The summed E-state index contributed by atoms with van der Waals surface area (Å²) in [6.45, 7) is 11.0. The fourth-order valence-corrected chi connectivity index (χ4v) is 4.70. The van der Waals surface area contributed by atoms with Gasteiger partial charge in [0.15, 0.2) is 0 Å². The van der Waals surface area contributed by atoms with Gasteiger partial charge in [-0.3, -0.25) is 4.98 Å². The monoisotopic (exact) mass is 440 g/mol. The molecule has 0 saturated carbocycles. The van der Waals surface area contributed by atoms with Crippen molar-refractivity contribution < 1.29 is 0 Å². The molecule has 5 rings (SSSR count). The van der Waals surface area contributed by atoms with E-state index in [0.29, 0.717) is 11.8 Å². The summed E-state index contributed by atoms with van der Waals surface area (Å²) < 4.78 is 2.03. The van der Waals surface area contributed by atoms with E-state index in [1.54, 1.807) is 0 Å². The molecular weight excluding hydrogens is 408 g/mol. The second-order valence-corrected chi connectivity index (χ2v) is 10.0. The molecule has 6 heteroatoms. The Morgan fingerprint density at radius 2 is 1.76 bits per heavy atom. The number of pyridine rings is 2. The maximum Gasteiger partial charge on any atom is 0.136 e. The molecule has 0 atom stereocenters. The lowest BCUT2D eigenvalue weighted by Gasteiger charge is -2.21. The molecule has 4 aromatic rings. The number of hydrogen-bond acceptors (Lipinski definition) is 5. The lowest BCUT2D eigenvalue weighted by molar-refractivity contribution is 0.418. The van der Waals surface area contributed by atoms with Crippen molar-refractivity contribution in [2.45, 2.75) is 53.4 Å². The van der Waals surface area contributed by atoms with Crippen molar-refractivity contribution in [2.24, 2.45) is 5.41 Å². The number of hydrogen-bond donors (Lipinski definition) is 0. The highest BCUT2D eigenvalue weighted by Gasteiger charge is 2.30. The average Bonchev–Trinajstić information content (AvgIpc) is 3.38. The Hall–Kier alpha value is -3.28. The molecule has 33 heavy (non-hydrogen) atoms. The SMILES string of the molecule is CCc1cc(C)cc(Cc2nc(Cc3ccn4ccnc4c3)cc(N3CCC(C)(C)C3)n2)n1. The van der Waals surface area contributed by atoms with E-state index in [2.05, 4.69) is 74.1 Å². The summed E-state index contributed by atoms with van der Waals surface area (Å²) in [6, 6.07) is 10.8. The van der Waals surface area contributed by atoms with Gasteiger partial charge in [0.05, 0.1) is 12.1 Å². The number of aromatic nitrogens is 5. The summed E-state index contributed by atoms with van der Waals surface area (Å²) in [7, 11) is 0. The van der Waals surface area contributed by atoms with Crippen LogP contribution >= 0.6 is 0 Å². The zero-order valence-corrected chi connectivity index (χ0v) is 20.0. The molecule has 0 N–H and O–H groups in total. The highest BCUT2D eigenvalue weighted by atomic mass is 15.2. The second-order valence-electron chi connectivity index (χ2n) is 10.0. The number of rotatable bonds is 6. The van der Waals surface area contributed by atoms with E-state index >= 15 is 0 Å². The zero-order valence-electron chi connectivity index (χ0n) is 20.0. The first-order valence-corrected chi connectivity index (χ1v) is 11.9. The predicted molar refractivity (Wildman–Crippen MR) is 132 cm³/mol. The zero-order chi connectivity index (χ0) is 23.0. The van der Waals surface area contributed by atoms with Crippen LogP contribution in [0, 0.1) is 12.3 Å².